The number of aromatic nitrogens is 2. The fourth-order valence-corrected chi connectivity index (χ4v) is 3.08. The Balaban J connectivity index is 1.83. The lowest BCUT2D eigenvalue weighted by Gasteiger charge is -2.10. The quantitative estimate of drug-likeness (QED) is 0.708. The van der Waals surface area contributed by atoms with Crippen molar-refractivity contribution >= 4 is 11.7 Å². The Morgan fingerprint density at radius 3 is 2.19 bits per heavy atom. The molecule has 0 aliphatic carbocycles. The lowest BCUT2D eigenvalue weighted by atomic mass is 9.97. The van der Waals surface area contributed by atoms with Crippen LogP contribution in [0.3, 0.4) is 0 Å². The van der Waals surface area contributed by atoms with Crippen molar-refractivity contribution in [2.75, 3.05) is 0 Å². The molecule has 1 heterocycles. The van der Waals surface area contributed by atoms with Crippen LogP contribution in [0.1, 0.15) is 48.8 Å². The van der Waals surface area contributed by atoms with Gasteiger partial charge in [0.2, 0.25) is 0 Å². The van der Waals surface area contributed by atoms with Gasteiger partial charge >= 0.3 is 0 Å². The van der Waals surface area contributed by atoms with Gasteiger partial charge in [-0.1, -0.05) is 48.0 Å². The Bertz CT molecular complexity index is 1000. The first-order valence-corrected chi connectivity index (χ1v) is 8.86. The molecular weight excluding hydrogens is 338 g/mol. The molecule has 0 fully saturated rings. The van der Waals surface area contributed by atoms with Crippen LogP contribution in [0.15, 0.2) is 48.5 Å². The van der Waals surface area contributed by atoms with Gasteiger partial charge in [-0.05, 0) is 26.8 Å². The van der Waals surface area contributed by atoms with E-state index in [1.54, 1.807) is 41.1 Å². The monoisotopic (exact) mass is 361 g/mol. The molecule has 0 unspecified atom stereocenters. The van der Waals surface area contributed by atoms with Crippen LogP contribution in [0, 0.1) is 20.8 Å². The average Bonchev–Trinajstić information content (AvgIpc) is 2.91. The highest BCUT2D eigenvalue weighted by Crippen LogP contribution is 2.17. The molecule has 1 amide bonds. The number of carbonyl (C=O) groups excluding carboxylic acids is 2. The summed E-state index contributed by atoms with van der Waals surface area (Å²) < 4.78 is 1.80. The molecule has 5 heteroatoms. The summed E-state index contributed by atoms with van der Waals surface area (Å²) in [5, 5.41) is 7.29. The van der Waals surface area contributed by atoms with Gasteiger partial charge in [0.25, 0.3) is 5.91 Å². The summed E-state index contributed by atoms with van der Waals surface area (Å²) in [6.45, 7) is 6.23. The van der Waals surface area contributed by atoms with E-state index < -0.39 is 0 Å². The number of amides is 1. The maximum Gasteiger partial charge on any atom is 0.252 e. The van der Waals surface area contributed by atoms with Crippen molar-refractivity contribution in [2.24, 2.45) is 7.05 Å². The zero-order valence-corrected chi connectivity index (χ0v) is 16.0. The number of nitrogens with one attached hydrogen (secondary N) is 1. The number of hydrogen-bond donors (Lipinski definition) is 1. The highest BCUT2D eigenvalue weighted by Gasteiger charge is 2.18. The molecule has 0 spiro atoms. The molecule has 3 aromatic rings. The third-order valence-electron chi connectivity index (χ3n) is 4.81. The predicted octanol–water partition coefficient (Wildman–Crippen LogP) is 3.51. The highest BCUT2D eigenvalue weighted by atomic mass is 16.2. The van der Waals surface area contributed by atoms with Crippen molar-refractivity contribution in [2.45, 2.75) is 27.3 Å². The second kappa shape index (κ2) is 7.58. The third kappa shape index (κ3) is 3.82. The Morgan fingerprint density at radius 2 is 1.59 bits per heavy atom. The first-order valence-electron chi connectivity index (χ1n) is 8.86. The maximum atomic E-state index is 12.9. The van der Waals surface area contributed by atoms with E-state index in [2.05, 4.69) is 10.4 Å². The number of hydrogen-bond acceptors (Lipinski definition) is 3. The van der Waals surface area contributed by atoms with Gasteiger partial charge in [-0.25, -0.2) is 0 Å². The van der Waals surface area contributed by atoms with E-state index in [9.17, 15) is 9.59 Å². The Kier molecular flexibility index (Phi) is 5.21. The Morgan fingerprint density at radius 1 is 0.963 bits per heavy atom. The van der Waals surface area contributed by atoms with Gasteiger partial charge in [-0.3, -0.25) is 14.3 Å². The van der Waals surface area contributed by atoms with Crippen LogP contribution in [-0.4, -0.2) is 21.5 Å². The van der Waals surface area contributed by atoms with Crippen molar-refractivity contribution in [3.63, 3.8) is 0 Å². The number of carbonyl (C=O) groups is 2. The summed E-state index contributed by atoms with van der Waals surface area (Å²) in [7, 11) is 1.88. The molecule has 0 aliphatic heterocycles. The van der Waals surface area contributed by atoms with Gasteiger partial charge in [0.05, 0.1) is 11.3 Å². The molecule has 0 atom stereocenters. The highest BCUT2D eigenvalue weighted by molar-refractivity contribution is 6.15. The SMILES string of the molecule is Cc1ccc(C(=O)c2ccccc2C(=O)NCc2c(C)nn(C)c2C)cc1. The maximum absolute atomic E-state index is 12.9. The molecule has 5 nitrogen and oxygen atoms in total. The average molecular weight is 361 g/mol. The zero-order valence-electron chi connectivity index (χ0n) is 16.0. The first-order chi connectivity index (χ1) is 12.9. The molecule has 0 radical (unpaired) electrons. The molecule has 1 N–H and O–H groups in total. The van der Waals surface area contributed by atoms with Crippen LogP contribution in [0.25, 0.3) is 0 Å². The zero-order chi connectivity index (χ0) is 19.6. The molecule has 0 saturated carbocycles. The summed E-state index contributed by atoms with van der Waals surface area (Å²) in [5.74, 6) is -0.428. The Labute approximate surface area is 159 Å². The molecule has 138 valence electrons. The van der Waals surface area contributed by atoms with Crippen molar-refractivity contribution in [1.29, 1.82) is 0 Å². The molecule has 0 aliphatic rings. The second-order valence-corrected chi connectivity index (χ2v) is 6.70. The molecular formula is C22H23N3O2. The minimum atomic E-state index is -0.270. The topological polar surface area (TPSA) is 64.0 Å². The van der Waals surface area contributed by atoms with Crippen LogP contribution in [-0.2, 0) is 13.6 Å². The van der Waals surface area contributed by atoms with Gasteiger partial charge in [0, 0.05) is 36.0 Å². The minimum absolute atomic E-state index is 0.158. The lowest BCUT2D eigenvalue weighted by molar-refractivity contribution is 0.0939. The van der Waals surface area contributed by atoms with Crippen LogP contribution in [0.5, 0.6) is 0 Å². The number of nitrogens with zero attached hydrogens (tertiary/aromatic N) is 2. The largest absolute Gasteiger partial charge is 0.348 e. The fraction of sp³-hybridized carbons (Fsp3) is 0.227. The second-order valence-electron chi connectivity index (χ2n) is 6.70. The minimum Gasteiger partial charge on any atom is -0.348 e. The van der Waals surface area contributed by atoms with Crippen LogP contribution >= 0.6 is 0 Å². The summed E-state index contributed by atoms with van der Waals surface area (Å²) in [6, 6.07) is 14.3. The lowest BCUT2D eigenvalue weighted by Crippen LogP contribution is -2.25. The molecule has 2 aromatic carbocycles. The third-order valence-corrected chi connectivity index (χ3v) is 4.81. The molecule has 3 rings (SSSR count). The molecule has 27 heavy (non-hydrogen) atoms. The standard InChI is InChI=1S/C22H23N3O2/c1-14-9-11-17(12-10-14)21(26)18-7-5-6-8-19(18)22(27)23-13-20-15(2)24-25(4)16(20)3/h5-12H,13H2,1-4H3,(H,23,27). The van der Waals surface area contributed by atoms with Crippen LogP contribution in [0.4, 0.5) is 0 Å². The van der Waals surface area contributed by atoms with Crippen molar-refractivity contribution in [3.05, 3.63) is 87.7 Å². The van der Waals surface area contributed by atoms with E-state index in [1.165, 1.54) is 0 Å². The number of aryl methyl sites for hydroxylation is 3. The number of ketones is 1. The smallest absolute Gasteiger partial charge is 0.252 e. The van der Waals surface area contributed by atoms with Gasteiger partial charge < -0.3 is 5.32 Å². The molecule has 1 aromatic heterocycles. The van der Waals surface area contributed by atoms with Crippen molar-refractivity contribution < 1.29 is 9.59 Å². The van der Waals surface area contributed by atoms with E-state index in [0.717, 1.165) is 22.5 Å². The van der Waals surface area contributed by atoms with E-state index in [4.69, 9.17) is 0 Å². The van der Waals surface area contributed by atoms with E-state index >= 15 is 0 Å². The summed E-state index contributed by atoms with van der Waals surface area (Å²) in [5.41, 5.74) is 5.32. The van der Waals surface area contributed by atoms with Crippen LogP contribution < -0.4 is 5.32 Å². The number of rotatable bonds is 5. The fourth-order valence-electron chi connectivity index (χ4n) is 3.08. The first kappa shape index (κ1) is 18.6. The van der Waals surface area contributed by atoms with E-state index in [-0.39, 0.29) is 11.7 Å². The van der Waals surface area contributed by atoms with E-state index in [1.807, 2.05) is 40.0 Å². The summed E-state index contributed by atoms with van der Waals surface area (Å²) >= 11 is 0. The van der Waals surface area contributed by atoms with Gasteiger partial charge in [-0.15, -0.1) is 0 Å². The van der Waals surface area contributed by atoms with Gasteiger partial charge in [0.1, 0.15) is 0 Å². The summed E-state index contributed by atoms with van der Waals surface area (Å²) in [4.78, 5) is 25.6. The normalized spacial score (nSPS) is 10.7. The van der Waals surface area contributed by atoms with Gasteiger partial charge in [0.15, 0.2) is 5.78 Å². The Hall–Kier alpha value is -3.21. The molecule has 0 saturated heterocycles. The molecule has 0 bridgehead atoms. The van der Waals surface area contributed by atoms with Gasteiger partial charge in [-0.2, -0.15) is 5.10 Å². The van der Waals surface area contributed by atoms with E-state index in [0.29, 0.717) is 23.2 Å². The summed E-state index contributed by atoms with van der Waals surface area (Å²) in [6.07, 6.45) is 0. The van der Waals surface area contributed by atoms with Crippen LogP contribution in [0.2, 0.25) is 0 Å². The van der Waals surface area contributed by atoms with Crippen molar-refractivity contribution in [3.8, 4) is 0 Å². The predicted molar refractivity (Wildman–Crippen MR) is 105 cm³/mol. The van der Waals surface area contributed by atoms with Crippen molar-refractivity contribution in [1.82, 2.24) is 15.1 Å². The number of benzene rings is 2.